The molecule has 1 aromatic rings. The summed E-state index contributed by atoms with van der Waals surface area (Å²) >= 11 is 0. The monoisotopic (exact) mass is 625 g/mol. The Bertz CT molecular complexity index is 1190. The van der Waals surface area contributed by atoms with Crippen LogP contribution in [0.2, 0.25) is 0 Å². The number of alkyl carbamates (subject to hydrolysis) is 1. The Kier molecular flexibility index (Phi) is 11.7. The van der Waals surface area contributed by atoms with Gasteiger partial charge < -0.3 is 30.5 Å². The summed E-state index contributed by atoms with van der Waals surface area (Å²) in [5, 5.41) is 7.78. The van der Waals surface area contributed by atoms with Crippen molar-refractivity contribution in [1.82, 2.24) is 20.4 Å². The maximum atomic E-state index is 15.4. The average molecular weight is 626 g/mol. The summed E-state index contributed by atoms with van der Waals surface area (Å²) in [5.41, 5.74) is -0.603. The fourth-order valence-electron chi connectivity index (χ4n) is 5.45. The maximum absolute atomic E-state index is 15.4. The summed E-state index contributed by atoms with van der Waals surface area (Å²) < 4.78 is 48.4. The third-order valence-electron chi connectivity index (χ3n) is 8.18. The van der Waals surface area contributed by atoms with Crippen LogP contribution in [0.15, 0.2) is 18.2 Å². The largest absolute Gasteiger partial charge is 0.444 e. The Morgan fingerprint density at radius 2 is 1.66 bits per heavy atom. The number of carbonyl (C=O) groups is 4. The van der Waals surface area contributed by atoms with Crippen LogP contribution < -0.4 is 16.0 Å². The molecule has 1 aliphatic heterocycles. The number of amides is 4. The highest BCUT2D eigenvalue weighted by Gasteiger charge is 2.41. The molecular weight excluding hydrogens is 579 g/mol. The molecule has 1 heterocycles. The minimum Gasteiger partial charge on any atom is -0.444 e. The van der Waals surface area contributed by atoms with E-state index in [1.807, 2.05) is 7.05 Å². The van der Waals surface area contributed by atoms with E-state index >= 15 is 4.39 Å². The molecule has 0 aromatic heterocycles. The minimum atomic E-state index is -2.84. The number of hydrogen-bond acceptors (Lipinski definition) is 6. The van der Waals surface area contributed by atoms with Crippen molar-refractivity contribution in [3.63, 3.8) is 0 Å². The highest BCUT2D eigenvalue weighted by molar-refractivity contribution is 5.97. The van der Waals surface area contributed by atoms with Crippen LogP contribution in [0.25, 0.3) is 0 Å². The number of halogens is 3. The molecule has 3 unspecified atom stereocenters. The number of likely N-dealkylation sites (N-methyl/N-ethyl adjacent to an activating group) is 1. The molecule has 13 heteroatoms. The molecule has 44 heavy (non-hydrogen) atoms. The molecule has 0 radical (unpaired) electrons. The van der Waals surface area contributed by atoms with Crippen LogP contribution >= 0.6 is 0 Å². The zero-order valence-corrected chi connectivity index (χ0v) is 26.5. The number of rotatable bonds is 9. The lowest BCUT2D eigenvalue weighted by atomic mass is 9.81. The number of piperazine rings is 1. The molecule has 0 spiro atoms. The Balaban J connectivity index is 1.79. The molecule has 246 valence electrons. The van der Waals surface area contributed by atoms with Gasteiger partial charge in [0.05, 0.1) is 5.69 Å². The molecule has 3 atom stereocenters. The normalized spacial score (nSPS) is 19.8. The van der Waals surface area contributed by atoms with E-state index < -0.39 is 66.1 Å². The number of hydrogen-bond donors (Lipinski definition) is 3. The molecule has 3 rings (SSSR count). The number of carbonyl (C=O) groups excluding carboxylic acids is 4. The number of benzene rings is 1. The smallest absolute Gasteiger partial charge is 0.408 e. The molecule has 1 aromatic carbocycles. The van der Waals surface area contributed by atoms with Gasteiger partial charge in [-0.25, -0.2) is 18.0 Å². The summed E-state index contributed by atoms with van der Waals surface area (Å²) in [6, 6.07) is 1.95. The zero-order valence-electron chi connectivity index (χ0n) is 26.5. The fraction of sp³-hybridized carbons (Fsp3) is 0.677. The van der Waals surface area contributed by atoms with Gasteiger partial charge in [0.1, 0.15) is 23.5 Å². The molecule has 2 aliphatic rings. The number of anilines is 1. The van der Waals surface area contributed by atoms with Gasteiger partial charge in [0.25, 0.3) is 0 Å². The molecule has 1 aliphatic carbocycles. The summed E-state index contributed by atoms with van der Waals surface area (Å²) in [7, 11) is 1.97. The van der Waals surface area contributed by atoms with Gasteiger partial charge in [-0.1, -0.05) is 19.9 Å². The maximum Gasteiger partial charge on any atom is 0.408 e. The van der Waals surface area contributed by atoms with E-state index in [0.717, 1.165) is 0 Å². The molecule has 1 saturated carbocycles. The van der Waals surface area contributed by atoms with Crippen LogP contribution in [0.3, 0.4) is 0 Å². The second kappa shape index (κ2) is 14.6. The minimum absolute atomic E-state index is 0.00792. The second-order valence-electron chi connectivity index (χ2n) is 12.9. The van der Waals surface area contributed by atoms with Crippen molar-refractivity contribution in [1.29, 1.82) is 0 Å². The van der Waals surface area contributed by atoms with Crippen molar-refractivity contribution < 1.29 is 37.1 Å². The number of ether oxygens (including phenoxy) is 1. The lowest BCUT2D eigenvalue weighted by Crippen LogP contribution is -2.55. The predicted molar refractivity (Wildman–Crippen MR) is 160 cm³/mol. The van der Waals surface area contributed by atoms with Crippen molar-refractivity contribution in [2.24, 2.45) is 5.92 Å². The zero-order chi connectivity index (χ0) is 32.8. The van der Waals surface area contributed by atoms with E-state index in [4.69, 9.17) is 4.74 Å². The number of nitrogens with one attached hydrogen (secondary N) is 3. The lowest BCUT2D eigenvalue weighted by Gasteiger charge is -2.36. The standard InChI is InChI=1S/C31H46F3N5O5/c1-7-24(40)36-25(28(42)39-16-14-38(6)15-17-39)19(2)21-8-9-23(22(32)18-21)35-27(41)26(37-29(43)44-30(3,4)5)20-10-12-31(33,34)13-11-20/h8-9,18-20,25-26H,7,10-17H2,1-6H3,(H,35,41)(H,36,40)(H,37,43). The highest BCUT2D eigenvalue weighted by Crippen LogP contribution is 2.38. The fourth-order valence-corrected chi connectivity index (χ4v) is 5.45. The summed E-state index contributed by atoms with van der Waals surface area (Å²) in [6.45, 7) is 10.8. The van der Waals surface area contributed by atoms with Gasteiger partial charge in [0, 0.05) is 51.4 Å². The first-order valence-corrected chi connectivity index (χ1v) is 15.2. The Morgan fingerprint density at radius 1 is 1.05 bits per heavy atom. The topological polar surface area (TPSA) is 120 Å². The van der Waals surface area contributed by atoms with E-state index in [-0.39, 0.29) is 36.8 Å². The van der Waals surface area contributed by atoms with Crippen LogP contribution in [0, 0.1) is 11.7 Å². The first-order chi connectivity index (χ1) is 20.5. The van der Waals surface area contributed by atoms with E-state index in [1.165, 1.54) is 12.1 Å². The molecule has 10 nitrogen and oxygen atoms in total. The van der Waals surface area contributed by atoms with Crippen molar-refractivity contribution in [2.45, 2.75) is 96.2 Å². The van der Waals surface area contributed by atoms with Crippen molar-refractivity contribution in [3.05, 3.63) is 29.6 Å². The van der Waals surface area contributed by atoms with Gasteiger partial charge in [0.15, 0.2) is 0 Å². The van der Waals surface area contributed by atoms with Gasteiger partial charge in [0.2, 0.25) is 23.6 Å². The second-order valence-corrected chi connectivity index (χ2v) is 12.9. The number of alkyl halides is 2. The van der Waals surface area contributed by atoms with Crippen LogP contribution in [0.1, 0.15) is 78.2 Å². The highest BCUT2D eigenvalue weighted by atomic mass is 19.3. The quantitative estimate of drug-likeness (QED) is 0.378. The lowest BCUT2D eigenvalue weighted by molar-refractivity contribution is -0.138. The van der Waals surface area contributed by atoms with Crippen LogP contribution in [0.4, 0.5) is 23.7 Å². The van der Waals surface area contributed by atoms with E-state index in [9.17, 15) is 28.0 Å². The van der Waals surface area contributed by atoms with Gasteiger partial charge >= 0.3 is 6.09 Å². The van der Waals surface area contributed by atoms with Crippen LogP contribution in [0.5, 0.6) is 0 Å². The predicted octanol–water partition coefficient (Wildman–Crippen LogP) is 4.26. The van der Waals surface area contributed by atoms with E-state index in [1.54, 1.807) is 45.6 Å². The molecule has 3 N–H and O–H groups in total. The Labute approximate surface area is 257 Å². The van der Waals surface area contributed by atoms with Crippen molar-refractivity contribution in [2.75, 3.05) is 38.5 Å². The van der Waals surface area contributed by atoms with Gasteiger partial charge in [-0.15, -0.1) is 0 Å². The van der Waals surface area contributed by atoms with Gasteiger partial charge in [-0.2, -0.15) is 0 Å². The molecule has 1 saturated heterocycles. The molecular formula is C31H46F3N5O5. The van der Waals surface area contributed by atoms with Crippen molar-refractivity contribution >= 4 is 29.5 Å². The van der Waals surface area contributed by atoms with Gasteiger partial charge in [-0.3, -0.25) is 14.4 Å². The average Bonchev–Trinajstić information content (AvgIpc) is 2.94. The van der Waals surface area contributed by atoms with Crippen LogP contribution in [-0.4, -0.2) is 90.4 Å². The van der Waals surface area contributed by atoms with Crippen molar-refractivity contribution in [3.8, 4) is 0 Å². The third-order valence-corrected chi connectivity index (χ3v) is 8.18. The Morgan fingerprint density at radius 3 is 2.20 bits per heavy atom. The van der Waals surface area contributed by atoms with E-state index in [2.05, 4.69) is 20.9 Å². The molecule has 4 amide bonds. The molecule has 2 fully saturated rings. The summed E-state index contributed by atoms with van der Waals surface area (Å²) in [4.78, 5) is 55.5. The summed E-state index contributed by atoms with van der Waals surface area (Å²) in [5.74, 6) is -6.15. The molecule has 0 bridgehead atoms. The summed E-state index contributed by atoms with van der Waals surface area (Å²) in [6.07, 6.45) is -1.58. The number of nitrogens with zero attached hydrogens (tertiary/aromatic N) is 2. The SMILES string of the molecule is CCC(=O)NC(C(=O)N1CCN(C)CC1)C(C)c1ccc(NC(=O)C(NC(=O)OC(C)(C)C)C2CCC(F)(F)CC2)c(F)c1. The van der Waals surface area contributed by atoms with Gasteiger partial charge in [-0.05, 0) is 64.3 Å². The third kappa shape index (κ3) is 9.83. The first kappa shape index (κ1) is 35.1. The van der Waals surface area contributed by atoms with Crippen LogP contribution in [-0.2, 0) is 19.1 Å². The Hall–Kier alpha value is -3.35. The van der Waals surface area contributed by atoms with E-state index in [0.29, 0.717) is 31.7 Å². The first-order valence-electron chi connectivity index (χ1n) is 15.2.